The molecule has 9 heteroatoms. The first-order valence-corrected chi connectivity index (χ1v) is 9.79. The van der Waals surface area contributed by atoms with E-state index in [0.29, 0.717) is 17.5 Å². The number of hydrogen-bond donors (Lipinski definition) is 3. The predicted molar refractivity (Wildman–Crippen MR) is 111 cm³/mol. The molecule has 0 aliphatic rings. The largest absolute Gasteiger partial charge is 0.497 e. The van der Waals surface area contributed by atoms with Crippen LogP contribution in [-0.2, 0) is 11.3 Å². The van der Waals surface area contributed by atoms with E-state index in [1.54, 1.807) is 14.0 Å². The molecule has 0 aliphatic heterocycles. The molecule has 1 atom stereocenters. The first-order chi connectivity index (χ1) is 14.0. The Labute approximate surface area is 172 Å². The highest BCUT2D eigenvalue weighted by molar-refractivity contribution is 8.00. The van der Waals surface area contributed by atoms with Crippen molar-refractivity contribution < 1.29 is 14.3 Å². The van der Waals surface area contributed by atoms with Crippen LogP contribution in [0.25, 0.3) is 11.4 Å². The molecule has 3 aromatic rings. The van der Waals surface area contributed by atoms with Crippen molar-refractivity contribution >= 4 is 23.7 Å². The minimum Gasteiger partial charge on any atom is -0.497 e. The van der Waals surface area contributed by atoms with Crippen LogP contribution in [0.3, 0.4) is 0 Å². The molecule has 3 amide bonds. The zero-order chi connectivity index (χ0) is 20.6. The number of nitrogens with zero attached hydrogens (tertiary/aromatic N) is 2. The molecule has 1 aromatic heterocycles. The second-order valence-corrected chi connectivity index (χ2v) is 7.42. The van der Waals surface area contributed by atoms with Gasteiger partial charge in [-0.3, -0.25) is 15.2 Å². The van der Waals surface area contributed by atoms with Gasteiger partial charge in [0.15, 0.2) is 5.82 Å². The number of ether oxygens (including phenoxy) is 1. The van der Waals surface area contributed by atoms with Gasteiger partial charge in [-0.2, -0.15) is 0 Å². The molecule has 0 unspecified atom stereocenters. The van der Waals surface area contributed by atoms with Gasteiger partial charge in [-0.05, 0) is 36.8 Å². The third-order valence-corrected chi connectivity index (χ3v) is 4.97. The van der Waals surface area contributed by atoms with Crippen LogP contribution in [0.5, 0.6) is 5.75 Å². The highest BCUT2D eigenvalue weighted by Gasteiger charge is 2.19. The van der Waals surface area contributed by atoms with Gasteiger partial charge in [0, 0.05) is 12.1 Å². The quantitative estimate of drug-likeness (QED) is 0.516. The Balaban J connectivity index is 1.50. The number of methoxy groups -OCH3 is 1. The third-order valence-electron chi connectivity index (χ3n) is 4.01. The summed E-state index contributed by atoms with van der Waals surface area (Å²) in [5.74, 6) is 0.915. The van der Waals surface area contributed by atoms with Crippen LogP contribution in [0.2, 0.25) is 0 Å². The van der Waals surface area contributed by atoms with Crippen LogP contribution in [0.1, 0.15) is 12.5 Å². The van der Waals surface area contributed by atoms with Gasteiger partial charge in [-0.25, -0.2) is 9.78 Å². The molecule has 1 heterocycles. The number of nitrogens with one attached hydrogen (secondary N) is 3. The lowest BCUT2D eigenvalue weighted by atomic mass is 10.2. The molecule has 29 heavy (non-hydrogen) atoms. The standard InChI is InChI=1S/C20H21N5O3S/c1-13(18(26)23-19(27)21-12-14-6-4-3-5-7-14)29-20-22-17(24-25-20)15-8-10-16(28-2)11-9-15/h3-11,13H,12H2,1-2H3,(H,22,24,25)(H2,21,23,26,27)/t13-/m0/s1. The van der Waals surface area contributed by atoms with Crippen molar-refractivity contribution in [2.24, 2.45) is 0 Å². The van der Waals surface area contributed by atoms with Crippen LogP contribution in [-0.4, -0.2) is 39.5 Å². The molecule has 0 saturated carbocycles. The average molecular weight is 411 g/mol. The summed E-state index contributed by atoms with van der Waals surface area (Å²) in [4.78, 5) is 28.6. The second-order valence-electron chi connectivity index (χ2n) is 6.11. The lowest BCUT2D eigenvalue weighted by Crippen LogP contribution is -2.42. The number of urea groups is 1. The summed E-state index contributed by atoms with van der Waals surface area (Å²) in [5, 5.41) is 11.8. The SMILES string of the molecule is COc1ccc(-c2nc(S[C@@H](C)C(=O)NC(=O)NCc3ccccc3)n[nH]2)cc1. The average Bonchev–Trinajstić information content (AvgIpc) is 3.21. The molecule has 0 saturated heterocycles. The summed E-state index contributed by atoms with van der Waals surface area (Å²) in [6.45, 7) is 2.03. The Bertz CT molecular complexity index is 960. The van der Waals surface area contributed by atoms with Crippen molar-refractivity contribution in [3.8, 4) is 17.1 Å². The fourth-order valence-corrected chi connectivity index (χ4v) is 3.15. The highest BCUT2D eigenvalue weighted by Crippen LogP contribution is 2.24. The van der Waals surface area contributed by atoms with Crippen molar-refractivity contribution in [2.75, 3.05) is 7.11 Å². The molecule has 8 nitrogen and oxygen atoms in total. The van der Waals surface area contributed by atoms with E-state index in [4.69, 9.17) is 4.74 Å². The maximum absolute atomic E-state index is 12.2. The Morgan fingerprint density at radius 2 is 1.86 bits per heavy atom. The molecular formula is C20H21N5O3S. The lowest BCUT2D eigenvalue weighted by molar-refractivity contribution is -0.119. The molecule has 3 rings (SSSR count). The molecule has 2 aromatic carbocycles. The number of carbonyl (C=O) groups excluding carboxylic acids is 2. The molecule has 0 radical (unpaired) electrons. The smallest absolute Gasteiger partial charge is 0.321 e. The Hall–Kier alpha value is -3.33. The van der Waals surface area contributed by atoms with E-state index in [1.807, 2.05) is 54.6 Å². The summed E-state index contributed by atoms with van der Waals surface area (Å²) in [5.41, 5.74) is 1.80. The number of thioether (sulfide) groups is 1. The summed E-state index contributed by atoms with van der Waals surface area (Å²) in [7, 11) is 1.60. The van der Waals surface area contributed by atoms with Gasteiger partial charge in [-0.1, -0.05) is 42.1 Å². The maximum atomic E-state index is 12.2. The number of hydrogen-bond acceptors (Lipinski definition) is 6. The van der Waals surface area contributed by atoms with E-state index >= 15 is 0 Å². The van der Waals surface area contributed by atoms with E-state index in [1.165, 1.54) is 0 Å². The lowest BCUT2D eigenvalue weighted by Gasteiger charge is -2.10. The molecule has 0 spiro atoms. The van der Waals surface area contributed by atoms with Gasteiger partial charge >= 0.3 is 6.03 Å². The number of aromatic nitrogens is 3. The monoisotopic (exact) mass is 411 g/mol. The zero-order valence-electron chi connectivity index (χ0n) is 16.0. The van der Waals surface area contributed by atoms with E-state index in [0.717, 1.165) is 28.6 Å². The van der Waals surface area contributed by atoms with E-state index < -0.39 is 17.2 Å². The third kappa shape index (κ3) is 5.82. The van der Waals surface area contributed by atoms with Gasteiger partial charge in [0.25, 0.3) is 0 Å². The summed E-state index contributed by atoms with van der Waals surface area (Å²) >= 11 is 1.16. The number of aromatic amines is 1. The van der Waals surface area contributed by atoms with Crippen LogP contribution < -0.4 is 15.4 Å². The van der Waals surface area contributed by atoms with Crippen LogP contribution >= 0.6 is 11.8 Å². The van der Waals surface area contributed by atoms with E-state index in [2.05, 4.69) is 25.8 Å². The second kappa shape index (κ2) is 9.74. The summed E-state index contributed by atoms with van der Waals surface area (Å²) < 4.78 is 5.14. The fourth-order valence-electron chi connectivity index (χ4n) is 2.42. The fraction of sp³-hybridized carbons (Fsp3) is 0.200. The molecule has 0 aliphatic carbocycles. The van der Waals surface area contributed by atoms with Crippen molar-refractivity contribution in [1.82, 2.24) is 25.8 Å². The van der Waals surface area contributed by atoms with Gasteiger partial charge < -0.3 is 10.1 Å². The minimum absolute atomic E-state index is 0.341. The van der Waals surface area contributed by atoms with Crippen molar-refractivity contribution in [3.63, 3.8) is 0 Å². The summed E-state index contributed by atoms with van der Waals surface area (Å²) in [6.07, 6.45) is 0. The Morgan fingerprint density at radius 3 is 2.55 bits per heavy atom. The predicted octanol–water partition coefficient (Wildman–Crippen LogP) is 2.99. The van der Waals surface area contributed by atoms with E-state index in [9.17, 15) is 9.59 Å². The van der Waals surface area contributed by atoms with Crippen molar-refractivity contribution in [3.05, 3.63) is 60.2 Å². The maximum Gasteiger partial charge on any atom is 0.321 e. The number of benzene rings is 2. The van der Waals surface area contributed by atoms with Gasteiger partial charge in [0.05, 0.1) is 12.4 Å². The molecular weight excluding hydrogens is 390 g/mol. The topological polar surface area (TPSA) is 109 Å². The first-order valence-electron chi connectivity index (χ1n) is 8.91. The summed E-state index contributed by atoms with van der Waals surface area (Å²) in [6, 6.07) is 16.3. The molecule has 0 bridgehead atoms. The molecule has 0 fully saturated rings. The minimum atomic E-state index is -0.544. The van der Waals surface area contributed by atoms with Gasteiger partial charge in [-0.15, -0.1) is 5.10 Å². The zero-order valence-corrected chi connectivity index (χ0v) is 16.8. The Kier molecular flexibility index (Phi) is 6.85. The number of H-pyrrole nitrogens is 1. The number of imide groups is 1. The number of rotatable bonds is 7. The molecule has 3 N–H and O–H groups in total. The highest BCUT2D eigenvalue weighted by atomic mass is 32.2. The number of amides is 3. The normalized spacial score (nSPS) is 11.5. The van der Waals surface area contributed by atoms with Crippen molar-refractivity contribution in [2.45, 2.75) is 23.9 Å². The van der Waals surface area contributed by atoms with Crippen LogP contribution in [0, 0.1) is 0 Å². The first kappa shape index (κ1) is 20.4. The van der Waals surface area contributed by atoms with Gasteiger partial charge in [0.2, 0.25) is 11.1 Å². The Morgan fingerprint density at radius 1 is 1.14 bits per heavy atom. The van der Waals surface area contributed by atoms with Gasteiger partial charge in [0.1, 0.15) is 5.75 Å². The van der Waals surface area contributed by atoms with Crippen LogP contribution in [0.4, 0.5) is 4.79 Å². The number of carbonyl (C=O) groups is 2. The molecule has 150 valence electrons. The van der Waals surface area contributed by atoms with Crippen LogP contribution in [0.15, 0.2) is 59.8 Å². The van der Waals surface area contributed by atoms with Crippen molar-refractivity contribution in [1.29, 1.82) is 0 Å². The van der Waals surface area contributed by atoms with E-state index in [-0.39, 0.29) is 0 Å².